The molecule has 0 spiro atoms. The van der Waals surface area contributed by atoms with Crippen LogP contribution in [0.1, 0.15) is 18.4 Å². The highest BCUT2D eigenvalue weighted by molar-refractivity contribution is 5.64. The Kier molecular flexibility index (Phi) is 4.72. The monoisotopic (exact) mass is 326 g/mol. The molecule has 6 heteroatoms. The number of anilines is 1. The summed E-state index contributed by atoms with van der Waals surface area (Å²) in [7, 11) is 0. The molecule has 0 atom stereocenters. The van der Waals surface area contributed by atoms with E-state index in [0.717, 1.165) is 5.56 Å². The van der Waals surface area contributed by atoms with Crippen molar-refractivity contribution in [2.45, 2.75) is 19.8 Å². The van der Waals surface area contributed by atoms with E-state index in [2.05, 4.69) is 21.4 Å². The first-order chi connectivity index (χ1) is 11.6. The standard InChI is InChI=1S/C18H19FN4O/c1-13-10-21-16(19)9-14(13)15-3-2-4-17(23-15)22-12-18(11-20)5-7-24-8-6-18/h2-4,9-10H,5-8,12H2,1H3,(H,22,23). The summed E-state index contributed by atoms with van der Waals surface area (Å²) in [5.74, 6) is 0.145. The lowest BCUT2D eigenvalue weighted by atomic mass is 9.82. The molecule has 0 radical (unpaired) electrons. The van der Waals surface area contributed by atoms with Gasteiger partial charge in [0.25, 0.3) is 0 Å². The zero-order chi connectivity index (χ0) is 17.0. The predicted octanol–water partition coefficient (Wildman–Crippen LogP) is 3.32. The Morgan fingerprint density at radius 3 is 2.92 bits per heavy atom. The lowest BCUT2D eigenvalue weighted by Gasteiger charge is -2.30. The Balaban J connectivity index is 1.78. The Morgan fingerprint density at radius 1 is 1.38 bits per heavy atom. The van der Waals surface area contributed by atoms with E-state index in [1.807, 2.05) is 25.1 Å². The highest BCUT2D eigenvalue weighted by Gasteiger charge is 2.32. The van der Waals surface area contributed by atoms with Gasteiger partial charge in [-0.1, -0.05) is 6.07 Å². The third kappa shape index (κ3) is 3.52. The average molecular weight is 326 g/mol. The molecular formula is C18H19FN4O. The van der Waals surface area contributed by atoms with E-state index in [1.165, 1.54) is 12.3 Å². The molecule has 124 valence electrons. The van der Waals surface area contributed by atoms with Gasteiger partial charge in [0.15, 0.2) is 0 Å². The Labute approximate surface area is 140 Å². The molecule has 5 nitrogen and oxygen atoms in total. The summed E-state index contributed by atoms with van der Waals surface area (Å²) >= 11 is 0. The first-order valence-corrected chi connectivity index (χ1v) is 7.94. The second-order valence-electron chi connectivity index (χ2n) is 6.09. The average Bonchev–Trinajstić information content (AvgIpc) is 2.63. The third-order valence-corrected chi connectivity index (χ3v) is 4.39. The minimum atomic E-state index is -0.526. The summed E-state index contributed by atoms with van der Waals surface area (Å²) in [6.07, 6.45) is 2.93. The van der Waals surface area contributed by atoms with Crippen LogP contribution in [0.2, 0.25) is 0 Å². The van der Waals surface area contributed by atoms with Crippen molar-refractivity contribution in [1.82, 2.24) is 9.97 Å². The molecule has 0 bridgehead atoms. The molecule has 3 heterocycles. The van der Waals surface area contributed by atoms with Crippen LogP contribution in [0.5, 0.6) is 0 Å². The second-order valence-corrected chi connectivity index (χ2v) is 6.09. The Hall–Kier alpha value is -2.52. The maximum atomic E-state index is 13.4. The van der Waals surface area contributed by atoms with Gasteiger partial charge in [0.2, 0.25) is 5.95 Å². The number of rotatable bonds is 4. The molecule has 0 aromatic carbocycles. The molecule has 3 rings (SSSR count). The zero-order valence-corrected chi connectivity index (χ0v) is 13.6. The normalized spacial score (nSPS) is 16.4. The van der Waals surface area contributed by atoms with Gasteiger partial charge in [-0.2, -0.15) is 9.65 Å². The molecule has 2 aromatic rings. The lowest BCUT2D eigenvalue weighted by Crippen LogP contribution is -2.34. The fraction of sp³-hybridized carbons (Fsp3) is 0.389. The number of nitrogens with one attached hydrogen (secondary N) is 1. The van der Waals surface area contributed by atoms with Crippen molar-refractivity contribution in [2.75, 3.05) is 25.1 Å². The maximum Gasteiger partial charge on any atom is 0.213 e. The molecule has 0 saturated carbocycles. The van der Waals surface area contributed by atoms with Crippen LogP contribution in [0, 0.1) is 29.6 Å². The van der Waals surface area contributed by atoms with E-state index in [-0.39, 0.29) is 0 Å². The van der Waals surface area contributed by atoms with Gasteiger partial charge in [-0.15, -0.1) is 0 Å². The molecule has 0 aliphatic carbocycles. The number of nitriles is 1. The summed E-state index contributed by atoms with van der Waals surface area (Å²) in [5, 5.41) is 12.8. The molecular weight excluding hydrogens is 307 g/mol. The van der Waals surface area contributed by atoms with Crippen LogP contribution < -0.4 is 5.32 Å². The molecule has 2 aromatic heterocycles. The van der Waals surface area contributed by atoms with Crippen molar-refractivity contribution in [2.24, 2.45) is 5.41 Å². The third-order valence-electron chi connectivity index (χ3n) is 4.39. The predicted molar refractivity (Wildman–Crippen MR) is 88.8 cm³/mol. The van der Waals surface area contributed by atoms with Gasteiger partial charge in [-0.05, 0) is 37.5 Å². The molecule has 1 aliphatic heterocycles. The number of aromatic nitrogens is 2. The van der Waals surface area contributed by atoms with Crippen LogP contribution in [-0.2, 0) is 4.74 Å². The van der Waals surface area contributed by atoms with Gasteiger partial charge < -0.3 is 10.1 Å². The van der Waals surface area contributed by atoms with Crippen molar-refractivity contribution < 1.29 is 9.13 Å². The number of hydrogen-bond acceptors (Lipinski definition) is 5. The summed E-state index contributed by atoms with van der Waals surface area (Å²) in [4.78, 5) is 8.20. The van der Waals surface area contributed by atoms with Gasteiger partial charge in [0.05, 0.1) is 17.2 Å². The van der Waals surface area contributed by atoms with Crippen molar-refractivity contribution in [3.05, 3.63) is 42.0 Å². The van der Waals surface area contributed by atoms with Crippen molar-refractivity contribution in [1.29, 1.82) is 5.26 Å². The van der Waals surface area contributed by atoms with E-state index in [1.54, 1.807) is 0 Å². The fourth-order valence-electron chi connectivity index (χ4n) is 2.81. The second kappa shape index (κ2) is 6.93. The number of ether oxygens (including phenoxy) is 1. The SMILES string of the molecule is Cc1cnc(F)cc1-c1cccc(NCC2(C#N)CCOCC2)n1. The number of halogens is 1. The molecule has 0 amide bonds. The van der Waals surface area contributed by atoms with Gasteiger partial charge in [-0.25, -0.2) is 9.97 Å². The highest BCUT2D eigenvalue weighted by Crippen LogP contribution is 2.30. The summed E-state index contributed by atoms with van der Waals surface area (Å²) in [6.45, 7) is 3.61. The van der Waals surface area contributed by atoms with Crippen LogP contribution in [0.25, 0.3) is 11.3 Å². The first kappa shape index (κ1) is 16.3. The van der Waals surface area contributed by atoms with Crippen molar-refractivity contribution >= 4 is 5.82 Å². The zero-order valence-electron chi connectivity index (χ0n) is 13.6. The van der Waals surface area contributed by atoms with E-state index in [9.17, 15) is 9.65 Å². The summed E-state index contributed by atoms with van der Waals surface area (Å²) in [5.41, 5.74) is 1.83. The smallest absolute Gasteiger partial charge is 0.213 e. The highest BCUT2D eigenvalue weighted by atomic mass is 19.1. The molecule has 1 fully saturated rings. The number of aryl methyl sites for hydroxylation is 1. The first-order valence-electron chi connectivity index (χ1n) is 7.94. The molecule has 0 unspecified atom stereocenters. The van der Waals surface area contributed by atoms with E-state index < -0.39 is 11.4 Å². The van der Waals surface area contributed by atoms with Gasteiger partial charge >= 0.3 is 0 Å². The van der Waals surface area contributed by atoms with Crippen LogP contribution in [-0.4, -0.2) is 29.7 Å². The van der Waals surface area contributed by atoms with E-state index >= 15 is 0 Å². The van der Waals surface area contributed by atoms with Gasteiger partial charge in [-0.3, -0.25) is 0 Å². The fourth-order valence-corrected chi connectivity index (χ4v) is 2.81. The maximum absolute atomic E-state index is 13.4. The number of pyridine rings is 2. The van der Waals surface area contributed by atoms with E-state index in [4.69, 9.17) is 4.74 Å². The molecule has 1 N–H and O–H groups in total. The van der Waals surface area contributed by atoms with Crippen LogP contribution >= 0.6 is 0 Å². The van der Waals surface area contributed by atoms with E-state index in [0.29, 0.717) is 49.7 Å². The largest absolute Gasteiger partial charge is 0.381 e. The minimum absolute atomic E-state index is 0.422. The van der Waals surface area contributed by atoms with Gasteiger partial charge in [0, 0.05) is 37.6 Å². The topological polar surface area (TPSA) is 70.8 Å². The number of hydrogen-bond donors (Lipinski definition) is 1. The van der Waals surface area contributed by atoms with Crippen molar-refractivity contribution in [3.63, 3.8) is 0 Å². The summed E-state index contributed by atoms with van der Waals surface area (Å²) < 4.78 is 18.8. The van der Waals surface area contributed by atoms with Gasteiger partial charge in [0.1, 0.15) is 5.82 Å². The number of nitrogens with zero attached hydrogens (tertiary/aromatic N) is 3. The van der Waals surface area contributed by atoms with Crippen molar-refractivity contribution in [3.8, 4) is 17.3 Å². The Bertz CT molecular complexity index is 766. The lowest BCUT2D eigenvalue weighted by molar-refractivity contribution is 0.0456. The molecule has 1 saturated heterocycles. The molecule has 24 heavy (non-hydrogen) atoms. The minimum Gasteiger partial charge on any atom is -0.381 e. The summed E-state index contributed by atoms with van der Waals surface area (Å²) in [6, 6.07) is 9.36. The Morgan fingerprint density at radius 2 is 2.17 bits per heavy atom. The van der Waals surface area contributed by atoms with Crippen LogP contribution in [0.4, 0.5) is 10.2 Å². The van der Waals surface area contributed by atoms with Crippen LogP contribution in [0.3, 0.4) is 0 Å². The molecule has 1 aliphatic rings. The quantitative estimate of drug-likeness (QED) is 0.873. The van der Waals surface area contributed by atoms with Crippen LogP contribution in [0.15, 0.2) is 30.5 Å².